The Morgan fingerprint density at radius 3 is 2.48 bits per heavy atom. The van der Waals surface area contributed by atoms with Gasteiger partial charge in [-0.15, -0.1) is 13.2 Å². The number of halogens is 3. The van der Waals surface area contributed by atoms with Crippen LogP contribution in [0.1, 0.15) is 23.9 Å². The van der Waals surface area contributed by atoms with Gasteiger partial charge in [0, 0.05) is 25.9 Å². The zero-order valence-corrected chi connectivity index (χ0v) is 11.3. The zero-order valence-electron chi connectivity index (χ0n) is 11.3. The fourth-order valence-corrected chi connectivity index (χ4v) is 1.96. The molecule has 1 aromatic carbocycles. The van der Waals surface area contributed by atoms with Crippen molar-refractivity contribution in [2.24, 2.45) is 7.05 Å². The van der Waals surface area contributed by atoms with Gasteiger partial charge in [-0.3, -0.25) is 0 Å². The zero-order chi connectivity index (χ0) is 15.5. The normalized spacial score (nSPS) is 13.2. The average Bonchev–Trinajstić information content (AvgIpc) is 2.80. The summed E-state index contributed by atoms with van der Waals surface area (Å²) in [7, 11) is 1.86. The van der Waals surface area contributed by atoms with Gasteiger partial charge < -0.3 is 14.4 Å². The van der Waals surface area contributed by atoms with E-state index >= 15 is 0 Å². The highest BCUT2D eigenvalue weighted by molar-refractivity contribution is 5.28. The van der Waals surface area contributed by atoms with E-state index in [1.54, 1.807) is 6.20 Å². The molecule has 0 aliphatic heterocycles. The number of benzene rings is 1. The van der Waals surface area contributed by atoms with Crippen molar-refractivity contribution in [2.45, 2.75) is 25.3 Å². The van der Waals surface area contributed by atoms with Crippen molar-refractivity contribution < 1.29 is 23.0 Å². The summed E-state index contributed by atoms with van der Waals surface area (Å²) in [5, 5.41) is 10.0. The number of hydrogen-bond acceptors (Lipinski definition) is 3. The predicted molar refractivity (Wildman–Crippen MR) is 69.6 cm³/mol. The molecule has 1 unspecified atom stereocenters. The van der Waals surface area contributed by atoms with Gasteiger partial charge in [0.25, 0.3) is 0 Å². The van der Waals surface area contributed by atoms with Crippen molar-refractivity contribution in [3.63, 3.8) is 0 Å². The van der Waals surface area contributed by atoms with Crippen LogP contribution in [0.4, 0.5) is 13.2 Å². The van der Waals surface area contributed by atoms with Gasteiger partial charge in [-0.05, 0) is 24.1 Å². The lowest BCUT2D eigenvalue weighted by molar-refractivity contribution is -0.274. The third-order valence-electron chi connectivity index (χ3n) is 3.06. The Morgan fingerprint density at radius 2 is 1.95 bits per heavy atom. The molecule has 0 spiro atoms. The number of hydrogen-bond donors (Lipinski definition) is 1. The average molecular weight is 300 g/mol. The van der Waals surface area contributed by atoms with Crippen LogP contribution >= 0.6 is 0 Å². The number of alkyl halides is 3. The maximum atomic E-state index is 12.0. The summed E-state index contributed by atoms with van der Waals surface area (Å²) in [6.07, 6.45) is -0.981. The molecule has 2 aromatic rings. The predicted octanol–water partition coefficient (Wildman–Crippen LogP) is 2.98. The van der Waals surface area contributed by atoms with Gasteiger partial charge in [0.05, 0.1) is 6.10 Å². The Hall–Kier alpha value is -2.02. The summed E-state index contributed by atoms with van der Waals surface area (Å²) in [5.74, 6) is 0.536. The van der Waals surface area contributed by atoms with E-state index in [2.05, 4.69) is 9.72 Å². The van der Waals surface area contributed by atoms with Crippen LogP contribution in [0.5, 0.6) is 5.75 Å². The molecule has 0 saturated heterocycles. The van der Waals surface area contributed by atoms with E-state index in [0.29, 0.717) is 18.4 Å². The molecular formula is C14H15F3N2O2. The molecule has 2 rings (SSSR count). The molecule has 1 N–H and O–H groups in total. The van der Waals surface area contributed by atoms with E-state index in [1.165, 1.54) is 24.3 Å². The van der Waals surface area contributed by atoms with E-state index in [1.807, 2.05) is 17.8 Å². The number of aliphatic hydroxyl groups is 1. The molecule has 0 aliphatic carbocycles. The number of rotatable bonds is 5. The second kappa shape index (κ2) is 6.17. The summed E-state index contributed by atoms with van der Waals surface area (Å²) >= 11 is 0. The molecule has 1 aromatic heterocycles. The van der Waals surface area contributed by atoms with Gasteiger partial charge in [0.1, 0.15) is 11.6 Å². The van der Waals surface area contributed by atoms with Crippen molar-refractivity contribution in [3.05, 3.63) is 48.0 Å². The lowest BCUT2D eigenvalue weighted by Gasteiger charge is -2.13. The van der Waals surface area contributed by atoms with Crippen molar-refractivity contribution in [1.82, 2.24) is 9.55 Å². The van der Waals surface area contributed by atoms with Crippen LogP contribution < -0.4 is 4.74 Å². The maximum Gasteiger partial charge on any atom is 0.573 e. The van der Waals surface area contributed by atoms with Crippen LogP contribution in [0.15, 0.2) is 36.7 Å². The van der Waals surface area contributed by atoms with Crippen LogP contribution in [0.25, 0.3) is 0 Å². The monoisotopic (exact) mass is 300 g/mol. The SMILES string of the molecule is Cn1ccnc1CCC(O)c1ccc(OC(F)(F)F)cc1. The number of aliphatic hydroxyl groups excluding tert-OH is 1. The maximum absolute atomic E-state index is 12.0. The second-order valence-electron chi connectivity index (χ2n) is 4.63. The van der Waals surface area contributed by atoms with Gasteiger partial charge in [-0.1, -0.05) is 12.1 Å². The van der Waals surface area contributed by atoms with Crippen molar-refractivity contribution >= 4 is 0 Å². The largest absolute Gasteiger partial charge is 0.573 e. The van der Waals surface area contributed by atoms with Gasteiger partial charge in [0.15, 0.2) is 0 Å². The Kier molecular flexibility index (Phi) is 4.52. The topological polar surface area (TPSA) is 47.3 Å². The van der Waals surface area contributed by atoms with Crippen molar-refractivity contribution in [2.75, 3.05) is 0 Å². The Morgan fingerprint density at radius 1 is 1.29 bits per heavy atom. The minimum Gasteiger partial charge on any atom is -0.406 e. The van der Waals surface area contributed by atoms with Crippen LogP contribution in [-0.2, 0) is 13.5 Å². The van der Waals surface area contributed by atoms with Crippen molar-refractivity contribution in [3.8, 4) is 5.75 Å². The summed E-state index contributed by atoms with van der Waals surface area (Å²) in [6, 6.07) is 5.22. The molecule has 4 nitrogen and oxygen atoms in total. The molecule has 0 radical (unpaired) electrons. The highest BCUT2D eigenvalue weighted by Gasteiger charge is 2.31. The van der Waals surface area contributed by atoms with E-state index in [4.69, 9.17) is 0 Å². The molecule has 0 aliphatic rings. The lowest BCUT2D eigenvalue weighted by atomic mass is 10.0. The number of imidazole rings is 1. The quantitative estimate of drug-likeness (QED) is 0.923. The highest BCUT2D eigenvalue weighted by Crippen LogP contribution is 2.25. The lowest BCUT2D eigenvalue weighted by Crippen LogP contribution is -2.17. The molecular weight excluding hydrogens is 285 g/mol. The van der Waals surface area contributed by atoms with Gasteiger partial charge in [-0.2, -0.15) is 0 Å². The number of ether oxygens (including phenoxy) is 1. The van der Waals surface area contributed by atoms with Crippen LogP contribution in [0, 0.1) is 0 Å². The molecule has 114 valence electrons. The highest BCUT2D eigenvalue weighted by atomic mass is 19.4. The van der Waals surface area contributed by atoms with Gasteiger partial charge >= 0.3 is 6.36 Å². The Bertz CT molecular complexity index is 579. The first-order valence-electron chi connectivity index (χ1n) is 6.35. The molecule has 1 atom stereocenters. The molecule has 0 bridgehead atoms. The minimum absolute atomic E-state index is 0.303. The fourth-order valence-electron chi connectivity index (χ4n) is 1.96. The Balaban J connectivity index is 1.93. The molecule has 7 heteroatoms. The Labute approximate surface area is 119 Å². The summed E-state index contributed by atoms with van der Waals surface area (Å²) in [4.78, 5) is 4.14. The molecule has 0 amide bonds. The van der Waals surface area contributed by atoms with E-state index in [9.17, 15) is 18.3 Å². The number of nitrogens with zero attached hydrogens (tertiary/aromatic N) is 2. The first kappa shape index (κ1) is 15.4. The summed E-state index contributed by atoms with van der Waals surface area (Å²) < 4.78 is 41.7. The van der Waals surface area contributed by atoms with E-state index in [0.717, 1.165) is 5.82 Å². The third-order valence-corrected chi connectivity index (χ3v) is 3.06. The summed E-state index contributed by atoms with van der Waals surface area (Å²) in [5.41, 5.74) is 0.540. The second-order valence-corrected chi connectivity index (χ2v) is 4.63. The fraction of sp³-hybridized carbons (Fsp3) is 0.357. The molecule has 0 fully saturated rings. The van der Waals surface area contributed by atoms with Gasteiger partial charge in [0.2, 0.25) is 0 Å². The minimum atomic E-state index is -4.71. The third kappa shape index (κ3) is 4.49. The molecule has 1 heterocycles. The first-order chi connectivity index (χ1) is 9.85. The number of aryl methyl sites for hydroxylation is 2. The summed E-state index contributed by atoms with van der Waals surface area (Å²) in [6.45, 7) is 0. The number of aromatic nitrogens is 2. The van der Waals surface area contributed by atoms with Crippen molar-refractivity contribution in [1.29, 1.82) is 0 Å². The van der Waals surface area contributed by atoms with Crippen LogP contribution in [-0.4, -0.2) is 21.0 Å². The van der Waals surface area contributed by atoms with E-state index in [-0.39, 0.29) is 5.75 Å². The molecule has 0 saturated carbocycles. The standard InChI is InChI=1S/C14H15F3N2O2/c1-19-9-8-18-13(19)7-6-12(20)10-2-4-11(5-3-10)21-14(15,16)17/h2-5,8-9,12,20H,6-7H2,1H3. The van der Waals surface area contributed by atoms with Gasteiger partial charge in [-0.25, -0.2) is 4.98 Å². The first-order valence-corrected chi connectivity index (χ1v) is 6.35. The smallest absolute Gasteiger partial charge is 0.406 e. The van der Waals surface area contributed by atoms with Crippen LogP contribution in [0.3, 0.4) is 0 Å². The van der Waals surface area contributed by atoms with Crippen LogP contribution in [0.2, 0.25) is 0 Å². The van der Waals surface area contributed by atoms with E-state index < -0.39 is 12.5 Å². The molecule has 21 heavy (non-hydrogen) atoms.